The second-order valence-corrected chi connectivity index (χ2v) is 6.67. The molecule has 28 heavy (non-hydrogen) atoms. The molecule has 8 heteroatoms. The molecule has 2 amide bonds. The Hall–Kier alpha value is -3.06. The molecule has 0 spiro atoms. The number of para-hydroxylation sites is 2. The van der Waals surface area contributed by atoms with E-state index in [2.05, 4.69) is 5.32 Å². The van der Waals surface area contributed by atoms with E-state index in [1.807, 2.05) is 0 Å². The molecular formula is C20H19ClN2O5. The average Bonchev–Trinajstić information content (AvgIpc) is 3.09. The van der Waals surface area contributed by atoms with E-state index in [0.29, 0.717) is 22.1 Å². The van der Waals surface area contributed by atoms with Gasteiger partial charge in [-0.1, -0.05) is 23.7 Å². The van der Waals surface area contributed by atoms with Crippen LogP contribution in [-0.4, -0.2) is 38.0 Å². The van der Waals surface area contributed by atoms with Gasteiger partial charge in [-0.05, 0) is 36.4 Å². The highest BCUT2D eigenvalue weighted by atomic mass is 35.5. The van der Waals surface area contributed by atoms with Gasteiger partial charge in [0.2, 0.25) is 5.91 Å². The number of carbonyl (C=O) groups excluding carboxylic acids is 3. The number of ether oxygens (including phenoxy) is 2. The number of amides is 2. The monoisotopic (exact) mass is 402 g/mol. The lowest BCUT2D eigenvalue weighted by Gasteiger charge is -2.16. The Morgan fingerprint density at radius 3 is 2.61 bits per heavy atom. The summed E-state index contributed by atoms with van der Waals surface area (Å²) in [7, 11) is 1.49. The molecule has 0 saturated carbocycles. The molecule has 1 fully saturated rings. The molecule has 0 bridgehead atoms. The number of benzene rings is 2. The highest BCUT2D eigenvalue weighted by Crippen LogP contribution is 2.27. The smallest absolute Gasteiger partial charge is 0.311 e. The Kier molecular flexibility index (Phi) is 6.16. The molecule has 1 atom stereocenters. The summed E-state index contributed by atoms with van der Waals surface area (Å²) in [5.74, 6) is -1.37. The summed E-state index contributed by atoms with van der Waals surface area (Å²) in [4.78, 5) is 38.1. The third-order valence-corrected chi connectivity index (χ3v) is 4.58. The van der Waals surface area contributed by atoms with Gasteiger partial charge in [0.05, 0.1) is 18.7 Å². The van der Waals surface area contributed by atoms with Crippen LogP contribution >= 0.6 is 11.6 Å². The zero-order valence-electron chi connectivity index (χ0n) is 15.2. The van der Waals surface area contributed by atoms with Crippen molar-refractivity contribution < 1.29 is 23.9 Å². The molecule has 7 nitrogen and oxygen atoms in total. The van der Waals surface area contributed by atoms with Crippen LogP contribution in [0.4, 0.5) is 11.4 Å². The minimum atomic E-state index is -0.623. The number of anilines is 2. The summed E-state index contributed by atoms with van der Waals surface area (Å²) in [6.45, 7) is -0.240. The SMILES string of the molecule is COc1ccccc1NC(=O)COC(=O)[C@H]1CC(=O)N(c2ccc(Cl)cc2)C1. The molecule has 0 aliphatic carbocycles. The van der Waals surface area contributed by atoms with Crippen LogP contribution < -0.4 is 15.0 Å². The van der Waals surface area contributed by atoms with Gasteiger partial charge in [0, 0.05) is 23.7 Å². The molecule has 1 aliphatic rings. The topological polar surface area (TPSA) is 84.9 Å². The van der Waals surface area contributed by atoms with Crippen molar-refractivity contribution in [3.05, 3.63) is 53.6 Å². The van der Waals surface area contributed by atoms with E-state index in [9.17, 15) is 14.4 Å². The van der Waals surface area contributed by atoms with Crippen molar-refractivity contribution in [2.45, 2.75) is 6.42 Å². The first-order chi connectivity index (χ1) is 13.5. The lowest BCUT2D eigenvalue weighted by atomic mass is 10.1. The number of hydrogen-bond donors (Lipinski definition) is 1. The van der Waals surface area contributed by atoms with Gasteiger partial charge < -0.3 is 19.7 Å². The Bertz CT molecular complexity index is 884. The van der Waals surface area contributed by atoms with E-state index in [0.717, 1.165) is 0 Å². The maximum atomic E-state index is 12.3. The molecule has 0 unspecified atom stereocenters. The van der Waals surface area contributed by atoms with Crippen molar-refractivity contribution in [3.63, 3.8) is 0 Å². The molecule has 146 valence electrons. The lowest BCUT2D eigenvalue weighted by molar-refractivity contribution is -0.151. The number of esters is 1. The van der Waals surface area contributed by atoms with Crippen LogP contribution in [0.15, 0.2) is 48.5 Å². The predicted molar refractivity (Wildman–Crippen MR) is 104 cm³/mol. The number of rotatable bonds is 6. The number of halogens is 1. The minimum Gasteiger partial charge on any atom is -0.495 e. The molecule has 1 saturated heterocycles. The molecular weight excluding hydrogens is 384 g/mol. The summed E-state index contributed by atoms with van der Waals surface area (Å²) in [5.41, 5.74) is 1.15. The maximum Gasteiger partial charge on any atom is 0.311 e. The van der Waals surface area contributed by atoms with Crippen molar-refractivity contribution >= 4 is 40.8 Å². The third-order valence-electron chi connectivity index (χ3n) is 4.32. The number of methoxy groups -OCH3 is 1. The van der Waals surface area contributed by atoms with Crippen molar-refractivity contribution in [3.8, 4) is 5.75 Å². The highest BCUT2D eigenvalue weighted by molar-refractivity contribution is 6.30. The fourth-order valence-electron chi connectivity index (χ4n) is 2.92. The second kappa shape index (κ2) is 8.75. The van der Waals surface area contributed by atoms with E-state index in [-0.39, 0.29) is 18.9 Å². The van der Waals surface area contributed by atoms with Crippen molar-refractivity contribution in [2.24, 2.45) is 5.92 Å². The number of hydrogen-bond acceptors (Lipinski definition) is 5. The average molecular weight is 403 g/mol. The fourth-order valence-corrected chi connectivity index (χ4v) is 3.05. The van der Waals surface area contributed by atoms with Crippen LogP contribution in [0, 0.1) is 5.92 Å². The van der Waals surface area contributed by atoms with Gasteiger partial charge >= 0.3 is 5.97 Å². The van der Waals surface area contributed by atoms with Gasteiger partial charge in [-0.15, -0.1) is 0 Å². The first-order valence-electron chi connectivity index (χ1n) is 8.63. The summed E-state index contributed by atoms with van der Waals surface area (Å²) in [6.07, 6.45) is 0.0373. The van der Waals surface area contributed by atoms with Crippen molar-refractivity contribution in [1.29, 1.82) is 0 Å². The lowest BCUT2D eigenvalue weighted by Crippen LogP contribution is -2.28. The van der Waals surface area contributed by atoms with E-state index in [1.54, 1.807) is 48.5 Å². The Balaban J connectivity index is 1.53. The van der Waals surface area contributed by atoms with Crippen LogP contribution in [0.1, 0.15) is 6.42 Å². The largest absolute Gasteiger partial charge is 0.495 e. The molecule has 1 aliphatic heterocycles. The Morgan fingerprint density at radius 2 is 1.89 bits per heavy atom. The molecule has 0 aromatic heterocycles. The van der Waals surface area contributed by atoms with Crippen LogP contribution in [0.25, 0.3) is 0 Å². The summed E-state index contributed by atoms with van der Waals surface area (Å²) < 4.78 is 10.2. The summed E-state index contributed by atoms with van der Waals surface area (Å²) in [6, 6.07) is 13.7. The van der Waals surface area contributed by atoms with Crippen molar-refractivity contribution in [1.82, 2.24) is 0 Å². The predicted octanol–water partition coefficient (Wildman–Crippen LogP) is 2.88. The zero-order chi connectivity index (χ0) is 20.1. The molecule has 1 N–H and O–H groups in total. The van der Waals surface area contributed by atoms with Gasteiger partial charge in [0.25, 0.3) is 5.91 Å². The van der Waals surface area contributed by atoms with Crippen LogP contribution in [0.5, 0.6) is 5.75 Å². The van der Waals surface area contributed by atoms with Crippen LogP contribution in [0.3, 0.4) is 0 Å². The molecule has 0 radical (unpaired) electrons. The van der Waals surface area contributed by atoms with Crippen molar-refractivity contribution in [2.75, 3.05) is 30.5 Å². The fraction of sp³-hybridized carbons (Fsp3) is 0.250. The number of carbonyl (C=O) groups is 3. The molecule has 2 aromatic rings. The summed E-state index contributed by atoms with van der Waals surface area (Å²) in [5, 5.41) is 3.19. The van der Waals surface area contributed by atoms with Gasteiger partial charge in [0.1, 0.15) is 5.75 Å². The van der Waals surface area contributed by atoms with E-state index < -0.39 is 24.4 Å². The zero-order valence-corrected chi connectivity index (χ0v) is 15.9. The normalized spacial score (nSPS) is 16.0. The Morgan fingerprint density at radius 1 is 1.18 bits per heavy atom. The summed E-state index contributed by atoms with van der Waals surface area (Å²) >= 11 is 5.86. The van der Waals surface area contributed by atoms with Crippen LogP contribution in [0.2, 0.25) is 5.02 Å². The standard InChI is InChI=1S/C20H19ClN2O5/c1-27-17-5-3-2-4-16(17)22-18(24)12-28-20(26)13-10-19(25)23(11-13)15-8-6-14(21)7-9-15/h2-9,13H,10-12H2,1H3,(H,22,24)/t13-/m0/s1. The first-order valence-corrected chi connectivity index (χ1v) is 9.01. The second-order valence-electron chi connectivity index (χ2n) is 6.24. The number of nitrogens with zero attached hydrogens (tertiary/aromatic N) is 1. The van der Waals surface area contributed by atoms with Gasteiger partial charge in [-0.2, -0.15) is 0 Å². The molecule has 3 rings (SSSR count). The minimum absolute atomic E-state index is 0.0373. The van der Waals surface area contributed by atoms with Gasteiger partial charge in [0.15, 0.2) is 6.61 Å². The number of nitrogens with one attached hydrogen (secondary N) is 1. The van der Waals surface area contributed by atoms with Crippen LogP contribution in [-0.2, 0) is 19.1 Å². The quantitative estimate of drug-likeness (QED) is 0.751. The maximum absolute atomic E-state index is 12.3. The molecule has 1 heterocycles. The van der Waals surface area contributed by atoms with Gasteiger partial charge in [-0.3, -0.25) is 14.4 Å². The Labute approximate surface area is 167 Å². The molecule has 2 aromatic carbocycles. The highest BCUT2D eigenvalue weighted by Gasteiger charge is 2.36. The van der Waals surface area contributed by atoms with E-state index in [1.165, 1.54) is 12.0 Å². The van der Waals surface area contributed by atoms with E-state index >= 15 is 0 Å². The van der Waals surface area contributed by atoms with E-state index in [4.69, 9.17) is 21.1 Å². The third kappa shape index (κ3) is 4.61. The first kappa shape index (κ1) is 19.7. The van der Waals surface area contributed by atoms with Gasteiger partial charge in [-0.25, -0.2) is 0 Å².